The van der Waals surface area contributed by atoms with Gasteiger partial charge in [-0.15, -0.1) is 0 Å². The Morgan fingerprint density at radius 2 is 1.66 bits per heavy atom. The maximum absolute atomic E-state index is 13.0. The average molecular weight is 459 g/mol. The van der Waals surface area contributed by atoms with Crippen LogP contribution in [0.25, 0.3) is 0 Å². The van der Waals surface area contributed by atoms with Crippen molar-refractivity contribution in [2.45, 2.75) is 31.7 Å². The molecule has 1 heterocycles. The predicted molar refractivity (Wildman–Crippen MR) is 119 cm³/mol. The minimum atomic E-state index is -3.83. The molecular weight excluding hydrogens is 432 g/mol. The Labute approximate surface area is 187 Å². The minimum Gasteiger partial charge on any atom is -0.494 e. The summed E-state index contributed by atoms with van der Waals surface area (Å²) >= 11 is 0. The van der Waals surface area contributed by atoms with Crippen molar-refractivity contribution >= 4 is 21.8 Å². The Hall–Kier alpha value is -3.33. The van der Waals surface area contributed by atoms with E-state index < -0.39 is 33.6 Å². The van der Waals surface area contributed by atoms with Crippen molar-refractivity contribution in [3.63, 3.8) is 0 Å². The lowest BCUT2D eigenvalue weighted by atomic mass is 9.95. The number of esters is 1. The fourth-order valence-corrected chi connectivity index (χ4v) is 4.70. The number of aryl methyl sites for hydroxylation is 1. The zero-order valence-corrected chi connectivity index (χ0v) is 19.0. The molecule has 9 heteroatoms. The monoisotopic (exact) mass is 458 g/mol. The van der Waals surface area contributed by atoms with Crippen molar-refractivity contribution in [3.05, 3.63) is 70.9 Å². The molecule has 1 aliphatic rings. The number of hydrogen-bond acceptors (Lipinski definition) is 6. The van der Waals surface area contributed by atoms with Gasteiger partial charge in [0.2, 0.25) is 0 Å². The lowest BCUT2D eigenvalue weighted by Gasteiger charge is -2.29. The number of rotatable bonds is 8. The summed E-state index contributed by atoms with van der Waals surface area (Å²) in [6, 6.07) is 11.8. The maximum atomic E-state index is 13.0. The zero-order chi connectivity index (χ0) is 23.3. The van der Waals surface area contributed by atoms with Gasteiger partial charge >= 0.3 is 12.0 Å². The maximum Gasteiger partial charge on any atom is 0.338 e. The van der Waals surface area contributed by atoms with Gasteiger partial charge in [-0.2, -0.15) is 0 Å². The molecule has 32 heavy (non-hydrogen) atoms. The molecule has 0 aromatic heterocycles. The van der Waals surface area contributed by atoms with Crippen molar-refractivity contribution in [2.24, 2.45) is 0 Å². The highest BCUT2D eigenvalue weighted by Crippen LogP contribution is 2.30. The first kappa shape index (κ1) is 23.3. The number of carbonyl (C=O) groups is 2. The fraction of sp³-hybridized carbons (Fsp3) is 0.304. The summed E-state index contributed by atoms with van der Waals surface area (Å²) < 4.78 is 36.7. The highest BCUT2D eigenvalue weighted by atomic mass is 32.2. The number of carbonyl (C=O) groups excluding carboxylic acids is 2. The Bertz CT molecular complexity index is 1120. The second-order valence-corrected chi connectivity index (χ2v) is 9.21. The molecule has 0 saturated heterocycles. The van der Waals surface area contributed by atoms with Gasteiger partial charge in [-0.1, -0.05) is 29.8 Å². The normalized spacial score (nSPS) is 16.2. The smallest absolute Gasteiger partial charge is 0.338 e. The summed E-state index contributed by atoms with van der Waals surface area (Å²) in [6.07, 6.45) is 0. The van der Waals surface area contributed by atoms with Gasteiger partial charge in [0.1, 0.15) is 5.75 Å². The van der Waals surface area contributed by atoms with Gasteiger partial charge in [0, 0.05) is 5.70 Å². The number of benzene rings is 2. The zero-order valence-electron chi connectivity index (χ0n) is 18.2. The van der Waals surface area contributed by atoms with E-state index in [9.17, 15) is 18.0 Å². The summed E-state index contributed by atoms with van der Waals surface area (Å²) in [7, 11) is -3.83. The molecule has 0 spiro atoms. The molecule has 0 fully saturated rings. The van der Waals surface area contributed by atoms with E-state index in [1.54, 1.807) is 43.3 Å². The van der Waals surface area contributed by atoms with Crippen LogP contribution in [0, 0.1) is 6.92 Å². The van der Waals surface area contributed by atoms with E-state index in [2.05, 4.69) is 10.6 Å². The van der Waals surface area contributed by atoms with E-state index in [-0.39, 0.29) is 22.8 Å². The van der Waals surface area contributed by atoms with Crippen molar-refractivity contribution in [2.75, 3.05) is 19.0 Å². The molecule has 2 amide bonds. The number of urea groups is 1. The van der Waals surface area contributed by atoms with Crippen LogP contribution in [-0.2, 0) is 19.4 Å². The van der Waals surface area contributed by atoms with Gasteiger partial charge in [0.15, 0.2) is 9.84 Å². The van der Waals surface area contributed by atoms with Gasteiger partial charge in [-0.05, 0) is 50.6 Å². The predicted octanol–water partition coefficient (Wildman–Crippen LogP) is 3.04. The molecule has 3 rings (SSSR count). The fourth-order valence-electron chi connectivity index (χ4n) is 3.37. The second-order valence-electron chi connectivity index (χ2n) is 7.22. The summed E-state index contributed by atoms with van der Waals surface area (Å²) in [6.45, 7) is 5.97. The Balaban J connectivity index is 2.05. The van der Waals surface area contributed by atoms with Crippen LogP contribution in [0.15, 0.2) is 64.7 Å². The van der Waals surface area contributed by atoms with Crippen molar-refractivity contribution < 1.29 is 27.5 Å². The number of sulfone groups is 1. The lowest BCUT2D eigenvalue weighted by Crippen LogP contribution is -2.47. The number of hydrogen-bond donors (Lipinski definition) is 2. The Morgan fingerprint density at radius 3 is 2.25 bits per heavy atom. The molecular formula is C23H26N2O6S. The number of ether oxygens (including phenoxy) is 2. The molecule has 0 aliphatic carbocycles. The molecule has 1 aliphatic heterocycles. The van der Waals surface area contributed by atoms with Gasteiger partial charge in [0.25, 0.3) is 0 Å². The standard InChI is InChI=1S/C23H26N2O6S/c1-4-30-17-10-8-16(9-11-17)21-20(22(26)31-5-2)19(24-23(27)25-21)14-32(28,29)18-12-6-15(3)7-13-18/h6-13,21H,4-5,14H2,1-3H3,(H2,24,25,27)/t21-/m1/s1. The third-order valence-corrected chi connectivity index (χ3v) is 6.55. The number of amides is 2. The molecule has 0 saturated carbocycles. The highest BCUT2D eigenvalue weighted by Gasteiger charge is 2.35. The van der Waals surface area contributed by atoms with Crippen LogP contribution in [0.5, 0.6) is 5.75 Å². The first-order valence-electron chi connectivity index (χ1n) is 10.2. The van der Waals surface area contributed by atoms with Crippen molar-refractivity contribution in [3.8, 4) is 5.75 Å². The van der Waals surface area contributed by atoms with E-state index in [1.807, 2.05) is 13.8 Å². The summed E-state index contributed by atoms with van der Waals surface area (Å²) in [5.41, 5.74) is 1.55. The topological polar surface area (TPSA) is 111 Å². The third-order valence-electron chi connectivity index (χ3n) is 4.89. The summed E-state index contributed by atoms with van der Waals surface area (Å²) in [4.78, 5) is 25.3. The van der Waals surface area contributed by atoms with Crippen LogP contribution >= 0.6 is 0 Å². The Kier molecular flexibility index (Phi) is 7.19. The first-order valence-corrected chi connectivity index (χ1v) is 11.9. The molecule has 2 aromatic rings. The molecule has 170 valence electrons. The van der Waals surface area contributed by atoms with Crippen LogP contribution < -0.4 is 15.4 Å². The van der Waals surface area contributed by atoms with E-state index in [4.69, 9.17) is 9.47 Å². The van der Waals surface area contributed by atoms with Crippen molar-refractivity contribution in [1.82, 2.24) is 10.6 Å². The van der Waals surface area contributed by atoms with E-state index in [1.165, 1.54) is 12.1 Å². The number of nitrogens with one attached hydrogen (secondary N) is 2. The van der Waals surface area contributed by atoms with Crippen LogP contribution in [0.3, 0.4) is 0 Å². The van der Waals surface area contributed by atoms with E-state index >= 15 is 0 Å². The van der Waals surface area contributed by atoms with E-state index in [0.29, 0.717) is 17.9 Å². The molecule has 2 aromatic carbocycles. The largest absolute Gasteiger partial charge is 0.494 e. The molecule has 2 N–H and O–H groups in total. The lowest BCUT2D eigenvalue weighted by molar-refractivity contribution is -0.139. The highest BCUT2D eigenvalue weighted by molar-refractivity contribution is 7.91. The molecule has 0 radical (unpaired) electrons. The quantitative estimate of drug-likeness (QED) is 0.589. The van der Waals surface area contributed by atoms with Crippen LogP contribution in [0.1, 0.15) is 31.0 Å². The third kappa shape index (κ3) is 5.28. The average Bonchev–Trinajstić information content (AvgIpc) is 2.74. The van der Waals surface area contributed by atoms with Crippen molar-refractivity contribution in [1.29, 1.82) is 0 Å². The summed E-state index contributed by atoms with van der Waals surface area (Å²) in [5, 5.41) is 5.19. The first-order chi connectivity index (χ1) is 15.2. The molecule has 0 bridgehead atoms. The SMILES string of the molecule is CCOC(=O)C1=C(CS(=O)(=O)c2ccc(C)cc2)NC(=O)N[C@@H]1c1ccc(OCC)cc1. The second kappa shape index (κ2) is 9.86. The van der Waals surface area contributed by atoms with Crippen LogP contribution in [0.4, 0.5) is 4.79 Å². The van der Waals surface area contributed by atoms with E-state index in [0.717, 1.165) is 5.56 Å². The molecule has 0 unspecified atom stereocenters. The minimum absolute atomic E-state index is 0.00772. The molecule has 1 atom stereocenters. The molecule has 8 nitrogen and oxygen atoms in total. The summed E-state index contributed by atoms with van der Waals surface area (Å²) in [5.74, 6) is -0.612. The van der Waals surface area contributed by atoms with Gasteiger partial charge < -0.3 is 20.1 Å². The van der Waals surface area contributed by atoms with Gasteiger partial charge in [-0.3, -0.25) is 0 Å². The van der Waals surface area contributed by atoms with Crippen LogP contribution in [-0.4, -0.2) is 39.4 Å². The Morgan fingerprint density at radius 1 is 1.00 bits per heavy atom. The van der Waals surface area contributed by atoms with Gasteiger partial charge in [-0.25, -0.2) is 18.0 Å². The van der Waals surface area contributed by atoms with Gasteiger partial charge in [0.05, 0.1) is 35.5 Å². The van der Waals surface area contributed by atoms with Crippen LogP contribution in [0.2, 0.25) is 0 Å².